The second kappa shape index (κ2) is 4.42. The van der Waals surface area contributed by atoms with E-state index in [1.54, 1.807) is 0 Å². The van der Waals surface area contributed by atoms with Gasteiger partial charge in [0, 0.05) is 6.42 Å². The summed E-state index contributed by atoms with van der Waals surface area (Å²) in [6.07, 6.45) is 3.60. The topological polar surface area (TPSA) is 69.9 Å². The molecule has 0 aliphatic rings. The molecule has 0 N–H and O–H groups in total. The van der Waals surface area contributed by atoms with E-state index >= 15 is 0 Å². The van der Waals surface area contributed by atoms with Crippen LogP contribution < -0.4 is 0 Å². The Kier molecular flexibility index (Phi) is 3.18. The Morgan fingerprint density at radius 3 is 3.08 bits per heavy atom. The van der Waals surface area contributed by atoms with Crippen LogP contribution in [0.15, 0.2) is 0 Å². The maximum absolute atomic E-state index is 10.8. The molecular weight excluding hydrogens is 160 g/mol. The molecule has 0 saturated heterocycles. The summed E-state index contributed by atoms with van der Waals surface area (Å²) in [4.78, 5) is 10.8. The molecule has 65 valence electrons. The average Bonchev–Trinajstić information content (AvgIpc) is 2.53. The summed E-state index contributed by atoms with van der Waals surface area (Å²) in [5.41, 5.74) is 0. The maximum Gasteiger partial charge on any atom is 0.307 e. The number of hydrogen-bond donors (Lipinski definition) is 0. The van der Waals surface area contributed by atoms with Gasteiger partial charge in [0.1, 0.15) is 0 Å². The summed E-state index contributed by atoms with van der Waals surface area (Å²) in [6, 6.07) is 0. The first-order valence-corrected chi connectivity index (χ1v) is 3.62. The Balaban J connectivity index is 2.22. The van der Waals surface area contributed by atoms with Crippen molar-refractivity contribution in [2.24, 2.45) is 0 Å². The molecule has 0 aliphatic carbocycles. The summed E-state index contributed by atoms with van der Waals surface area (Å²) in [7, 11) is 0. The fourth-order valence-electron chi connectivity index (χ4n) is 0.624. The number of rotatable bonds is 4. The van der Waals surface area contributed by atoms with Crippen LogP contribution in [-0.4, -0.2) is 26.2 Å². The van der Waals surface area contributed by atoms with Gasteiger partial charge in [-0.05, 0) is 16.8 Å². The molecule has 0 saturated carbocycles. The highest BCUT2D eigenvalue weighted by Gasteiger charge is 2.00. The molecule has 12 heavy (non-hydrogen) atoms. The number of hydrogen-bond acceptors (Lipinski definition) is 5. The second-order valence-corrected chi connectivity index (χ2v) is 2.17. The van der Waals surface area contributed by atoms with Gasteiger partial charge in [0.2, 0.25) is 6.33 Å². The molecule has 1 aromatic rings. The minimum atomic E-state index is -0.249. The molecule has 0 fully saturated rings. The third-order valence-corrected chi connectivity index (χ3v) is 1.15. The van der Waals surface area contributed by atoms with Crippen molar-refractivity contribution < 1.29 is 9.53 Å². The van der Waals surface area contributed by atoms with Crippen molar-refractivity contribution in [2.75, 3.05) is 0 Å². The number of aromatic nitrogens is 4. The number of esters is 1. The van der Waals surface area contributed by atoms with E-state index in [1.165, 1.54) is 4.68 Å². The molecule has 0 unspecified atom stereocenters. The van der Waals surface area contributed by atoms with Crippen molar-refractivity contribution in [2.45, 2.75) is 26.5 Å². The summed E-state index contributed by atoms with van der Waals surface area (Å²) >= 11 is 0. The molecule has 6 nitrogen and oxygen atoms in total. The minimum Gasteiger partial charge on any atom is -0.442 e. The lowest BCUT2D eigenvalue weighted by atomic mass is 10.3. The molecule has 0 aliphatic heterocycles. The fraction of sp³-hybridized carbons (Fsp3) is 0.667. The normalized spacial score (nSPS) is 9.75. The maximum atomic E-state index is 10.8. The number of carbonyl (C=O) groups is 1. The standard InChI is InChI=1S/C6H9N4O2/c1-2-3-6(11)12-5-10-4-7-8-9-10/h2-3,5H2,1H3. The first kappa shape index (κ1) is 8.63. The lowest BCUT2D eigenvalue weighted by Crippen LogP contribution is -2.09. The van der Waals surface area contributed by atoms with Gasteiger partial charge in [-0.25, -0.2) is 0 Å². The highest BCUT2D eigenvalue weighted by Crippen LogP contribution is 1.91. The highest BCUT2D eigenvalue weighted by atomic mass is 16.5. The van der Waals surface area contributed by atoms with Gasteiger partial charge in [0.15, 0.2) is 6.73 Å². The summed E-state index contributed by atoms with van der Waals surface area (Å²) in [5, 5.41) is 10.1. The highest BCUT2D eigenvalue weighted by molar-refractivity contribution is 5.68. The van der Waals surface area contributed by atoms with E-state index in [2.05, 4.69) is 21.9 Å². The first-order chi connectivity index (χ1) is 5.83. The van der Waals surface area contributed by atoms with Gasteiger partial charge in [-0.1, -0.05) is 6.92 Å². The van der Waals surface area contributed by atoms with Crippen molar-refractivity contribution >= 4 is 5.97 Å². The van der Waals surface area contributed by atoms with Crippen molar-refractivity contribution in [1.82, 2.24) is 20.2 Å². The van der Waals surface area contributed by atoms with Crippen LogP contribution in [0.5, 0.6) is 0 Å². The molecule has 1 radical (unpaired) electrons. The minimum absolute atomic E-state index is 0.0336. The smallest absolute Gasteiger partial charge is 0.307 e. The van der Waals surface area contributed by atoms with Crippen LogP contribution in [0, 0.1) is 6.33 Å². The SMILES string of the molecule is CCCC(=O)OCn1[c]nnn1. The Labute approximate surface area is 69.5 Å². The summed E-state index contributed by atoms with van der Waals surface area (Å²) in [6.45, 7) is 1.94. The summed E-state index contributed by atoms with van der Waals surface area (Å²) < 4.78 is 5.99. The Morgan fingerprint density at radius 1 is 1.67 bits per heavy atom. The van der Waals surface area contributed by atoms with Crippen molar-refractivity contribution in [1.29, 1.82) is 0 Å². The Hall–Kier alpha value is -1.46. The van der Waals surface area contributed by atoms with Crippen LogP contribution in [0.3, 0.4) is 0 Å². The van der Waals surface area contributed by atoms with E-state index in [4.69, 9.17) is 4.74 Å². The van der Waals surface area contributed by atoms with Gasteiger partial charge >= 0.3 is 5.97 Å². The lowest BCUT2D eigenvalue weighted by Gasteiger charge is -2.00. The van der Waals surface area contributed by atoms with Gasteiger partial charge in [0.25, 0.3) is 0 Å². The number of ether oxygens (including phenoxy) is 1. The van der Waals surface area contributed by atoms with E-state index < -0.39 is 0 Å². The van der Waals surface area contributed by atoms with Crippen molar-refractivity contribution in [3.63, 3.8) is 0 Å². The van der Waals surface area contributed by atoms with E-state index in [1.807, 2.05) is 6.92 Å². The van der Waals surface area contributed by atoms with Gasteiger partial charge in [-0.3, -0.25) is 4.79 Å². The predicted octanol–water partition coefficient (Wildman–Crippen LogP) is -0.226. The van der Waals surface area contributed by atoms with Crippen LogP contribution in [0.1, 0.15) is 19.8 Å². The zero-order valence-corrected chi connectivity index (χ0v) is 6.73. The van der Waals surface area contributed by atoms with Gasteiger partial charge in [-0.15, -0.1) is 5.10 Å². The van der Waals surface area contributed by atoms with Crippen LogP contribution in [0.2, 0.25) is 0 Å². The monoisotopic (exact) mass is 169 g/mol. The van der Waals surface area contributed by atoms with Crippen molar-refractivity contribution in [3.8, 4) is 0 Å². The molecule has 0 spiro atoms. The third-order valence-electron chi connectivity index (χ3n) is 1.15. The second-order valence-electron chi connectivity index (χ2n) is 2.17. The zero-order chi connectivity index (χ0) is 8.81. The molecule has 1 aromatic heterocycles. The van der Waals surface area contributed by atoms with Gasteiger partial charge < -0.3 is 4.74 Å². The fourth-order valence-corrected chi connectivity index (χ4v) is 0.624. The molecule has 1 heterocycles. The molecule has 0 amide bonds. The van der Waals surface area contributed by atoms with Crippen LogP contribution >= 0.6 is 0 Å². The number of tetrazole rings is 1. The molecule has 0 bridgehead atoms. The zero-order valence-electron chi connectivity index (χ0n) is 6.73. The quantitative estimate of drug-likeness (QED) is 0.582. The summed E-state index contributed by atoms with van der Waals surface area (Å²) in [5.74, 6) is -0.249. The van der Waals surface area contributed by atoms with E-state index in [-0.39, 0.29) is 12.7 Å². The average molecular weight is 169 g/mol. The molecule has 0 atom stereocenters. The predicted molar refractivity (Wildman–Crippen MR) is 37.7 cm³/mol. The molecular formula is C6H9N4O2. The lowest BCUT2D eigenvalue weighted by molar-refractivity contribution is -0.148. The third kappa shape index (κ3) is 2.65. The van der Waals surface area contributed by atoms with E-state index in [9.17, 15) is 4.79 Å². The van der Waals surface area contributed by atoms with E-state index in [0.29, 0.717) is 6.42 Å². The Morgan fingerprint density at radius 2 is 2.50 bits per heavy atom. The Bertz CT molecular complexity index is 234. The van der Waals surface area contributed by atoms with Crippen LogP contribution in [0.4, 0.5) is 0 Å². The molecule has 6 heteroatoms. The van der Waals surface area contributed by atoms with Crippen LogP contribution in [-0.2, 0) is 16.3 Å². The number of carbonyl (C=O) groups excluding carboxylic acids is 1. The van der Waals surface area contributed by atoms with Gasteiger partial charge in [0.05, 0.1) is 0 Å². The number of nitrogens with zero attached hydrogens (tertiary/aromatic N) is 4. The molecule has 0 aromatic carbocycles. The van der Waals surface area contributed by atoms with E-state index in [0.717, 1.165) is 6.42 Å². The first-order valence-electron chi connectivity index (χ1n) is 3.62. The van der Waals surface area contributed by atoms with Gasteiger partial charge in [-0.2, -0.15) is 4.68 Å². The molecule has 1 rings (SSSR count). The van der Waals surface area contributed by atoms with Crippen LogP contribution in [0.25, 0.3) is 0 Å². The van der Waals surface area contributed by atoms with Crippen molar-refractivity contribution in [3.05, 3.63) is 6.33 Å². The largest absolute Gasteiger partial charge is 0.442 e.